The van der Waals surface area contributed by atoms with Crippen molar-refractivity contribution in [3.63, 3.8) is 0 Å². The van der Waals surface area contributed by atoms with Crippen LogP contribution in [-0.2, 0) is 15.1 Å². The summed E-state index contributed by atoms with van der Waals surface area (Å²) in [6, 6.07) is 10.2. The first-order valence-corrected chi connectivity index (χ1v) is 12.6. The number of anilines is 1. The van der Waals surface area contributed by atoms with Crippen molar-refractivity contribution in [1.29, 1.82) is 0 Å². The van der Waals surface area contributed by atoms with E-state index in [1.54, 1.807) is 15.5 Å². The van der Waals surface area contributed by atoms with E-state index < -0.39 is 11.4 Å². The van der Waals surface area contributed by atoms with Crippen LogP contribution in [0.25, 0.3) is 10.8 Å². The topological polar surface area (TPSA) is 63.6 Å². The van der Waals surface area contributed by atoms with Gasteiger partial charge in [0.05, 0.1) is 15.6 Å². The van der Waals surface area contributed by atoms with Crippen LogP contribution in [0.15, 0.2) is 60.0 Å². The van der Waals surface area contributed by atoms with Crippen LogP contribution < -0.4 is 10.9 Å². The van der Waals surface area contributed by atoms with E-state index in [1.165, 1.54) is 18.2 Å². The smallest absolute Gasteiger partial charge is 0.258 e. The van der Waals surface area contributed by atoms with Crippen LogP contribution in [0.2, 0.25) is 10.0 Å². The highest BCUT2D eigenvalue weighted by Gasteiger charge is 2.44. The molecule has 1 aromatic heterocycles. The molecule has 2 saturated heterocycles. The number of likely N-dealkylation sites (tertiary alicyclic amines) is 1. The Hall–Kier alpha value is -2.87. The lowest BCUT2D eigenvalue weighted by Gasteiger charge is -2.33. The fourth-order valence-corrected chi connectivity index (χ4v) is 5.81. The summed E-state index contributed by atoms with van der Waals surface area (Å²) in [5.41, 5.74) is -0.317. The standard InChI is InChI=1S/C27H26Cl2FN3O3/c1-2-23(34)32-12-10-27(16-32,24-22(30)6-5-21(28)25(24)29)31-18-4-3-17-7-11-33(26(35)20(17)15-18)19-8-13-36-14-9-19/h2-7,11,15,19,31H,1,8-10,12-14,16H2. The zero-order chi connectivity index (χ0) is 25.4. The third-order valence-electron chi connectivity index (χ3n) is 7.18. The van der Waals surface area contributed by atoms with Crippen LogP contribution in [0.5, 0.6) is 0 Å². The Morgan fingerprint density at radius 2 is 1.97 bits per heavy atom. The lowest BCUT2D eigenvalue weighted by molar-refractivity contribution is -0.125. The van der Waals surface area contributed by atoms with Crippen molar-refractivity contribution in [1.82, 2.24) is 9.47 Å². The van der Waals surface area contributed by atoms with Crippen LogP contribution in [0.1, 0.15) is 30.9 Å². The predicted octanol–water partition coefficient (Wildman–Crippen LogP) is 5.52. The van der Waals surface area contributed by atoms with Gasteiger partial charge in [0.2, 0.25) is 5.91 Å². The number of benzene rings is 2. The van der Waals surface area contributed by atoms with Gasteiger partial charge in [0.25, 0.3) is 5.56 Å². The highest BCUT2D eigenvalue weighted by Crippen LogP contribution is 2.43. The predicted molar refractivity (Wildman–Crippen MR) is 140 cm³/mol. The number of nitrogens with one attached hydrogen (secondary N) is 1. The average molecular weight is 530 g/mol. The number of aromatic nitrogens is 1. The molecule has 1 unspecified atom stereocenters. The summed E-state index contributed by atoms with van der Waals surface area (Å²) in [5, 5.41) is 5.11. The fourth-order valence-electron chi connectivity index (χ4n) is 5.32. The molecular formula is C27H26Cl2FN3O3. The van der Waals surface area contributed by atoms with Crippen LogP contribution >= 0.6 is 23.2 Å². The summed E-state index contributed by atoms with van der Waals surface area (Å²) in [5.74, 6) is -0.775. The SMILES string of the molecule is C=CC(=O)N1CCC(Nc2ccc3ccn(C4CCOCC4)c(=O)c3c2)(c2c(F)ccc(Cl)c2Cl)C1. The van der Waals surface area contributed by atoms with Gasteiger partial charge in [0.15, 0.2) is 0 Å². The second-order valence-electron chi connectivity index (χ2n) is 9.31. The summed E-state index contributed by atoms with van der Waals surface area (Å²) in [6.07, 6.45) is 5.04. The van der Waals surface area contributed by atoms with Gasteiger partial charge in [-0.1, -0.05) is 35.8 Å². The van der Waals surface area contributed by atoms with Crippen molar-refractivity contribution in [2.45, 2.75) is 30.8 Å². The van der Waals surface area contributed by atoms with Crippen LogP contribution in [0.3, 0.4) is 0 Å². The Balaban J connectivity index is 1.58. The van der Waals surface area contributed by atoms with Gasteiger partial charge in [0.1, 0.15) is 5.82 Å². The van der Waals surface area contributed by atoms with Gasteiger partial charge in [-0.2, -0.15) is 0 Å². The first-order chi connectivity index (χ1) is 17.3. The molecule has 2 aromatic carbocycles. The zero-order valence-corrected chi connectivity index (χ0v) is 21.1. The van der Waals surface area contributed by atoms with Gasteiger partial charge in [-0.3, -0.25) is 9.59 Å². The van der Waals surface area contributed by atoms with E-state index in [9.17, 15) is 9.59 Å². The third kappa shape index (κ3) is 4.40. The van der Waals surface area contributed by atoms with Crippen molar-refractivity contribution in [2.75, 3.05) is 31.6 Å². The normalized spacial score (nSPS) is 20.6. The van der Waals surface area contributed by atoms with Crippen LogP contribution in [-0.4, -0.2) is 41.7 Å². The number of carbonyl (C=O) groups is 1. The molecule has 3 aromatic rings. The molecule has 2 aliphatic heterocycles. The molecule has 2 aliphatic rings. The largest absolute Gasteiger partial charge is 0.381 e. The molecule has 1 N–H and O–H groups in total. The number of carbonyl (C=O) groups excluding carboxylic acids is 1. The maximum absolute atomic E-state index is 15.2. The van der Waals surface area contributed by atoms with E-state index in [1.807, 2.05) is 24.4 Å². The Morgan fingerprint density at radius 1 is 1.19 bits per heavy atom. The number of nitrogens with zero attached hydrogens (tertiary/aromatic N) is 2. The van der Waals surface area contributed by atoms with E-state index >= 15 is 4.39 Å². The number of halogens is 3. The first kappa shape index (κ1) is 24.8. The van der Waals surface area contributed by atoms with Crippen molar-refractivity contribution in [3.8, 4) is 0 Å². The molecule has 1 amide bonds. The second kappa shape index (κ2) is 9.88. The van der Waals surface area contributed by atoms with Gasteiger partial charge < -0.3 is 19.5 Å². The lowest BCUT2D eigenvalue weighted by atomic mass is 9.87. The van der Waals surface area contributed by atoms with Crippen molar-refractivity contribution in [2.24, 2.45) is 0 Å². The minimum Gasteiger partial charge on any atom is -0.381 e. The minimum atomic E-state index is -1.05. The van der Waals surface area contributed by atoms with E-state index in [2.05, 4.69) is 11.9 Å². The zero-order valence-electron chi connectivity index (χ0n) is 19.6. The molecule has 2 fully saturated rings. The third-order valence-corrected chi connectivity index (χ3v) is 7.98. The molecule has 6 nitrogen and oxygen atoms in total. The molecule has 0 spiro atoms. The number of fused-ring (bicyclic) bond motifs is 1. The number of hydrogen-bond acceptors (Lipinski definition) is 4. The Morgan fingerprint density at radius 3 is 2.72 bits per heavy atom. The van der Waals surface area contributed by atoms with E-state index in [4.69, 9.17) is 27.9 Å². The highest BCUT2D eigenvalue weighted by atomic mass is 35.5. The van der Waals surface area contributed by atoms with Gasteiger partial charge in [-0.05, 0) is 61.1 Å². The second-order valence-corrected chi connectivity index (χ2v) is 10.1. The molecule has 0 saturated carbocycles. The Kier molecular flexibility index (Phi) is 6.81. The number of hydrogen-bond donors (Lipinski definition) is 1. The monoisotopic (exact) mass is 529 g/mol. The van der Waals surface area contributed by atoms with Crippen LogP contribution in [0.4, 0.5) is 10.1 Å². The minimum absolute atomic E-state index is 0.0843. The molecule has 9 heteroatoms. The number of rotatable bonds is 5. The Labute approximate surface area is 218 Å². The number of ether oxygens (including phenoxy) is 1. The molecule has 0 radical (unpaired) electrons. The average Bonchev–Trinajstić information content (AvgIpc) is 3.31. The van der Waals surface area contributed by atoms with Gasteiger partial charge in [-0.15, -0.1) is 0 Å². The molecule has 0 bridgehead atoms. The molecule has 1 atom stereocenters. The molecule has 0 aliphatic carbocycles. The van der Waals surface area contributed by atoms with E-state index in [-0.39, 0.29) is 39.7 Å². The summed E-state index contributed by atoms with van der Waals surface area (Å²) in [7, 11) is 0. The number of amides is 1. The molecule has 3 heterocycles. The summed E-state index contributed by atoms with van der Waals surface area (Å²) >= 11 is 12.8. The lowest BCUT2D eigenvalue weighted by Crippen LogP contribution is -2.41. The van der Waals surface area contributed by atoms with E-state index in [0.717, 1.165) is 18.2 Å². The maximum Gasteiger partial charge on any atom is 0.258 e. The van der Waals surface area contributed by atoms with Gasteiger partial charge in [-0.25, -0.2) is 4.39 Å². The van der Waals surface area contributed by atoms with Crippen LogP contribution in [0, 0.1) is 5.82 Å². The summed E-state index contributed by atoms with van der Waals surface area (Å²) in [6.45, 7) is 5.37. The summed E-state index contributed by atoms with van der Waals surface area (Å²) < 4.78 is 22.5. The first-order valence-electron chi connectivity index (χ1n) is 11.9. The van der Waals surface area contributed by atoms with Crippen molar-refractivity contribution in [3.05, 3.63) is 87.0 Å². The molecule has 188 valence electrons. The molecular weight excluding hydrogens is 504 g/mol. The Bertz CT molecular complexity index is 1400. The summed E-state index contributed by atoms with van der Waals surface area (Å²) in [4.78, 5) is 27.4. The van der Waals surface area contributed by atoms with Gasteiger partial charge >= 0.3 is 0 Å². The fraction of sp³-hybridized carbons (Fsp3) is 0.333. The maximum atomic E-state index is 15.2. The van der Waals surface area contributed by atoms with Crippen molar-refractivity contribution >= 4 is 45.6 Å². The van der Waals surface area contributed by atoms with Crippen molar-refractivity contribution < 1.29 is 13.9 Å². The van der Waals surface area contributed by atoms with Gasteiger partial charge in [0, 0.05) is 55.2 Å². The molecule has 36 heavy (non-hydrogen) atoms. The highest BCUT2D eigenvalue weighted by molar-refractivity contribution is 6.42. The number of pyridine rings is 1. The molecule has 5 rings (SSSR count). The van der Waals surface area contributed by atoms with E-state index in [0.29, 0.717) is 37.3 Å². The quantitative estimate of drug-likeness (QED) is 0.349.